The van der Waals surface area contributed by atoms with E-state index in [2.05, 4.69) is 10.4 Å². The zero-order chi connectivity index (χ0) is 24.4. The van der Waals surface area contributed by atoms with Crippen molar-refractivity contribution < 1.29 is 14.0 Å². The molecule has 3 aromatic carbocycles. The zero-order valence-electron chi connectivity index (χ0n) is 19.6. The van der Waals surface area contributed by atoms with Gasteiger partial charge in [-0.1, -0.05) is 43.7 Å². The SMILES string of the molecule is CC(=O)C1=NN(c2ccc(C)cc2)C(c2ccc(F)cc2)N1c1ccc(NC(=O)C(C)C)cc1. The summed E-state index contributed by atoms with van der Waals surface area (Å²) in [6.07, 6.45) is -0.502. The molecule has 1 aliphatic heterocycles. The van der Waals surface area contributed by atoms with Crippen molar-refractivity contribution in [1.82, 2.24) is 0 Å². The summed E-state index contributed by atoms with van der Waals surface area (Å²) >= 11 is 0. The Hall–Kier alpha value is -4.00. The predicted molar refractivity (Wildman–Crippen MR) is 133 cm³/mol. The van der Waals surface area contributed by atoms with Crippen molar-refractivity contribution in [1.29, 1.82) is 0 Å². The number of hydrogen-bond acceptors (Lipinski definition) is 5. The van der Waals surface area contributed by atoms with Crippen molar-refractivity contribution >= 4 is 34.6 Å². The van der Waals surface area contributed by atoms with Crippen LogP contribution in [0, 0.1) is 18.7 Å². The topological polar surface area (TPSA) is 65.0 Å². The quantitative estimate of drug-likeness (QED) is 0.518. The molecule has 0 aromatic heterocycles. The van der Waals surface area contributed by atoms with E-state index in [1.807, 2.05) is 62.1 Å². The van der Waals surface area contributed by atoms with Gasteiger partial charge in [0, 0.05) is 24.2 Å². The Morgan fingerprint density at radius 1 is 0.912 bits per heavy atom. The molecule has 0 saturated carbocycles. The lowest BCUT2D eigenvalue weighted by molar-refractivity contribution is -0.119. The number of rotatable bonds is 6. The molecule has 4 rings (SSSR count). The molecule has 7 heteroatoms. The molecule has 3 aromatic rings. The lowest BCUT2D eigenvalue weighted by Crippen LogP contribution is -2.37. The van der Waals surface area contributed by atoms with Gasteiger partial charge in [0.05, 0.1) is 5.69 Å². The Bertz CT molecular complexity index is 1220. The second kappa shape index (κ2) is 9.47. The number of benzene rings is 3. The first-order chi connectivity index (χ1) is 16.2. The molecule has 6 nitrogen and oxygen atoms in total. The van der Waals surface area contributed by atoms with Crippen LogP contribution in [0.5, 0.6) is 0 Å². The number of nitrogens with zero attached hydrogens (tertiary/aromatic N) is 3. The van der Waals surface area contributed by atoms with Crippen molar-refractivity contribution in [3.63, 3.8) is 0 Å². The molecule has 0 radical (unpaired) electrons. The molecule has 1 unspecified atom stereocenters. The molecule has 0 bridgehead atoms. The van der Waals surface area contributed by atoms with Crippen LogP contribution in [-0.4, -0.2) is 17.5 Å². The molecular weight excluding hydrogens is 431 g/mol. The van der Waals surface area contributed by atoms with Gasteiger partial charge in [-0.3, -0.25) is 14.5 Å². The molecule has 0 aliphatic carbocycles. The van der Waals surface area contributed by atoms with Crippen LogP contribution in [0.2, 0.25) is 0 Å². The second-order valence-corrected chi connectivity index (χ2v) is 8.65. The first-order valence-electron chi connectivity index (χ1n) is 11.2. The second-order valence-electron chi connectivity index (χ2n) is 8.65. The van der Waals surface area contributed by atoms with E-state index in [4.69, 9.17) is 0 Å². The van der Waals surface area contributed by atoms with Crippen LogP contribution in [0.15, 0.2) is 77.9 Å². The average Bonchev–Trinajstić information content (AvgIpc) is 3.21. The van der Waals surface area contributed by atoms with Crippen LogP contribution in [0.4, 0.5) is 21.5 Å². The highest BCUT2D eigenvalue weighted by molar-refractivity contribution is 6.44. The predicted octanol–water partition coefficient (Wildman–Crippen LogP) is 5.66. The summed E-state index contributed by atoms with van der Waals surface area (Å²) in [5.41, 5.74) is 4.08. The molecule has 174 valence electrons. The molecule has 0 saturated heterocycles. The van der Waals surface area contributed by atoms with Crippen molar-refractivity contribution in [3.8, 4) is 0 Å². The number of Topliss-reactive ketones (excluding diaryl/α,β-unsaturated/α-hetero) is 1. The van der Waals surface area contributed by atoms with E-state index in [0.717, 1.165) is 22.5 Å². The highest BCUT2D eigenvalue weighted by Crippen LogP contribution is 2.39. The number of aryl methyl sites for hydroxylation is 1. The maximum atomic E-state index is 13.7. The fraction of sp³-hybridized carbons (Fsp3) is 0.222. The molecule has 1 aliphatic rings. The maximum Gasteiger partial charge on any atom is 0.226 e. The summed E-state index contributed by atoms with van der Waals surface area (Å²) in [6.45, 7) is 7.14. The maximum absolute atomic E-state index is 13.7. The normalized spacial score (nSPS) is 15.5. The lowest BCUT2D eigenvalue weighted by Gasteiger charge is -2.32. The number of halogens is 1. The van der Waals surface area contributed by atoms with Gasteiger partial charge in [-0.2, -0.15) is 0 Å². The monoisotopic (exact) mass is 458 g/mol. The van der Waals surface area contributed by atoms with Crippen molar-refractivity contribution in [2.75, 3.05) is 15.2 Å². The number of ketones is 1. The van der Waals surface area contributed by atoms with E-state index in [1.54, 1.807) is 29.3 Å². The van der Waals surface area contributed by atoms with Crippen LogP contribution in [0.25, 0.3) is 0 Å². The van der Waals surface area contributed by atoms with Gasteiger partial charge in [-0.25, -0.2) is 9.40 Å². The number of hydrogen-bond donors (Lipinski definition) is 1. The Kier molecular flexibility index (Phi) is 6.45. The Balaban J connectivity index is 1.78. The van der Waals surface area contributed by atoms with E-state index >= 15 is 0 Å². The molecule has 1 amide bonds. The van der Waals surface area contributed by atoms with Crippen molar-refractivity contribution in [2.45, 2.75) is 33.9 Å². The third-order valence-corrected chi connectivity index (χ3v) is 5.63. The standard InChI is InChI=1S/C27H27FN4O2/c1-17(2)26(34)29-22-11-15-23(16-12-22)31-25(19(4)33)30-32(24-13-5-18(3)6-14-24)27(31)20-7-9-21(28)10-8-20/h5-17,27H,1-4H3,(H,29,34). The molecule has 1 heterocycles. The van der Waals surface area contributed by atoms with E-state index in [0.29, 0.717) is 5.69 Å². The number of hydrazone groups is 1. The number of amidine groups is 1. The van der Waals surface area contributed by atoms with Crippen molar-refractivity contribution in [2.24, 2.45) is 11.0 Å². The van der Waals surface area contributed by atoms with E-state index in [1.165, 1.54) is 19.1 Å². The van der Waals surface area contributed by atoms with Gasteiger partial charge in [0.2, 0.25) is 5.91 Å². The molecule has 34 heavy (non-hydrogen) atoms. The van der Waals surface area contributed by atoms with E-state index in [-0.39, 0.29) is 29.3 Å². The number of amides is 1. The number of nitrogens with one attached hydrogen (secondary N) is 1. The van der Waals surface area contributed by atoms with Gasteiger partial charge in [0.1, 0.15) is 5.82 Å². The number of carbonyl (C=O) groups is 2. The fourth-order valence-electron chi connectivity index (χ4n) is 3.75. The van der Waals surface area contributed by atoms with Crippen LogP contribution >= 0.6 is 0 Å². The van der Waals surface area contributed by atoms with Gasteiger partial charge in [-0.15, -0.1) is 5.10 Å². The molecular formula is C27H27FN4O2. The van der Waals surface area contributed by atoms with Crippen LogP contribution in [-0.2, 0) is 9.59 Å². The first kappa shape index (κ1) is 23.2. The minimum atomic E-state index is -0.502. The summed E-state index contributed by atoms with van der Waals surface area (Å²) in [5.74, 6) is -0.476. The Labute approximate surface area is 198 Å². The Morgan fingerprint density at radius 2 is 1.50 bits per heavy atom. The van der Waals surface area contributed by atoms with Crippen molar-refractivity contribution in [3.05, 3.63) is 89.7 Å². The number of anilines is 3. The third-order valence-electron chi connectivity index (χ3n) is 5.63. The highest BCUT2D eigenvalue weighted by Gasteiger charge is 2.39. The summed E-state index contributed by atoms with van der Waals surface area (Å²) in [7, 11) is 0. The summed E-state index contributed by atoms with van der Waals surface area (Å²) in [4.78, 5) is 26.6. The highest BCUT2D eigenvalue weighted by atomic mass is 19.1. The molecule has 0 fully saturated rings. The number of carbonyl (C=O) groups excluding carboxylic acids is 2. The van der Waals surface area contributed by atoms with Gasteiger partial charge in [-0.05, 0) is 61.0 Å². The summed E-state index contributed by atoms with van der Waals surface area (Å²) in [5, 5.41) is 9.33. The lowest BCUT2D eigenvalue weighted by atomic mass is 10.1. The van der Waals surface area contributed by atoms with Crippen LogP contribution < -0.4 is 15.2 Å². The molecule has 1 N–H and O–H groups in total. The summed E-state index contributed by atoms with van der Waals surface area (Å²) in [6, 6.07) is 21.3. The summed E-state index contributed by atoms with van der Waals surface area (Å²) < 4.78 is 13.7. The molecule has 0 spiro atoms. The average molecular weight is 459 g/mol. The minimum absolute atomic E-state index is 0.0744. The Morgan fingerprint density at radius 3 is 2.06 bits per heavy atom. The van der Waals surface area contributed by atoms with E-state index in [9.17, 15) is 14.0 Å². The van der Waals surface area contributed by atoms with Crippen LogP contribution in [0.3, 0.4) is 0 Å². The smallest absolute Gasteiger partial charge is 0.226 e. The van der Waals surface area contributed by atoms with Gasteiger partial charge < -0.3 is 5.32 Å². The van der Waals surface area contributed by atoms with Gasteiger partial charge in [0.25, 0.3) is 0 Å². The minimum Gasteiger partial charge on any atom is -0.326 e. The van der Waals surface area contributed by atoms with Gasteiger partial charge >= 0.3 is 0 Å². The third kappa shape index (κ3) is 4.69. The van der Waals surface area contributed by atoms with Gasteiger partial charge in [0.15, 0.2) is 17.8 Å². The first-order valence-corrected chi connectivity index (χ1v) is 11.2. The van der Waals surface area contributed by atoms with Crippen LogP contribution in [0.1, 0.15) is 38.1 Å². The largest absolute Gasteiger partial charge is 0.326 e. The fourth-order valence-corrected chi connectivity index (χ4v) is 3.75. The molecule has 1 atom stereocenters. The zero-order valence-corrected chi connectivity index (χ0v) is 19.6. The van der Waals surface area contributed by atoms with E-state index < -0.39 is 6.17 Å².